The van der Waals surface area contributed by atoms with Gasteiger partial charge in [-0.05, 0) is 81.6 Å². The number of hydrogen-bond acceptors (Lipinski definition) is 8. The van der Waals surface area contributed by atoms with E-state index in [-0.39, 0.29) is 11.4 Å². The number of benzene rings is 3. The largest absolute Gasteiger partial charge is 0.489 e. The third kappa shape index (κ3) is 6.44. The molecule has 3 aliphatic rings. The second-order valence-corrected chi connectivity index (χ2v) is 12.4. The molecule has 12 heteroatoms. The van der Waals surface area contributed by atoms with Crippen LogP contribution in [-0.4, -0.2) is 61.2 Å². The topological polar surface area (TPSA) is 111 Å². The lowest BCUT2D eigenvalue weighted by Gasteiger charge is -2.34. The van der Waals surface area contributed by atoms with Crippen LogP contribution in [0.15, 0.2) is 60.8 Å². The molecule has 0 bridgehead atoms. The first-order valence-corrected chi connectivity index (χ1v) is 16.2. The van der Waals surface area contributed by atoms with Crippen LogP contribution in [0, 0.1) is 17.0 Å². The quantitative estimate of drug-likeness (QED) is 0.128. The van der Waals surface area contributed by atoms with E-state index in [0.29, 0.717) is 78.3 Å². The second kappa shape index (κ2) is 13.3. The summed E-state index contributed by atoms with van der Waals surface area (Å²) < 4.78 is 52.8. The van der Waals surface area contributed by atoms with Crippen LogP contribution in [0.1, 0.15) is 38.5 Å². The number of aromatic nitrogens is 1. The molecule has 0 atom stereocenters. The van der Waals surface area contributed by atoms with Crippen molar-refractivity contribution in [2.24, 2.45) is 5.41 Å². The van der Waals surface area contributed by atoms with Gasteiger partial charge in [0.1, 0.15) is 30.2 Å². The number of hydrogen-bond donors (Lipinski definition) is 2. The third-order valence-corrected chi connectivity index (χ3v) is 9.18. The van der Waals surface area contributed by atoms with Crippen molar-refractivity contribution >= 4 is 34.1 Å². The number of carbonyl (C=O) groups is 2. The zero-order valence-electron chi connectivity index (χ0n) is 26.5. The fraction of sp³-hybridized carbons (Fsp3) is 0.361. The van der Waals surface area contributed by atoms with Gasteiger partial charge in [0.25, 0.3) is 0 Å². The molecular formula is C36H36F2N4O6. The maximum absolute atomic E-state index is 15.4. The van der Waals surface area contributed by atoms with Crippen LogP contribution in [0.5, 0.6) is 28.7 Å². The zero-order chi connectivity index (χ0) is 33.3. The molecule has 4 aromatic rings. The summed E-state index contributed by atoms with van der Waals surface area (Å²) in [6.45, 7) is 2.11. The van der Waals surface area contributed by atoms with E-state index in [0.717, 1.165) is 19.0 Å². The molecule has 2 amide bonds. The van der Waals surface area contributed by atoms with Crippen molar-refractivity contribution < 1.29 is 37.3 Å². The lowest BCUT2D eigenvalue weighted by atomic mass is 9.92. The van der Waals surface area contributed by atoms with Crippen molar-refractivity contribution in [1.82, 2.24) is 9.88 Å². The number of ether oxygens (including phenoxy) is 4. The van der Waals surface area contributed by atoms with Crippen molar-refractivity contribution in [3.63, 3.8) is 0 Å². The number of nitrogens with one attached hydrogen (secondary N) is 2. The minimum Gasteiger partial charge on any atom is -0.489 e. The van der Waals surface area contributed by atoms with E-state index < -0.39 is 28.9 Å². The van der Waals surface area contributed by atoms with Gasteiger partial charge in [-0.15, -0.1) is 0 Å². The summed E-state index contributed by atoms with van der Waals surface area (Å²) in [5, 5.41) is 5.82. The average Bonchev–Trinajstić information content (AvgIpc) is 3.87. The monoisotopic (exact) mass is 658 g/mol. The number of carbonyl (C=O) groups excluding carboxylic acids is 2. The molecule has 0 spiro atoms. The Bertz CT molecular complexity index is 1850. The molecule has 3 aromatic carbocycles. The molecular weight excluding hydrogens is 622 g/mol. The average molecular weight is 659 g/mol. The standard InChI is InChI=1S/C36H36F2N4O6/c1-42(25-4-2-5-25)16-3-17-45-30-21-27-31(33-32(30)46-18-19-47-33)29(12-15-39-27)48-28-11-10-24(20-26(28)38)41-35(44)36(13-14-36)34(43)40-23-8-6-22(37)7-9-23/h6-12,15,20-21,25H,2-5,13-14,16-19H2,1H3,(H,40,43)(H,41,44). The molecule has 1 aromatic heterocycles. The highest BCUT2D eigenvalue weighted by atomic mass is 19.1. The van der Waals surface area contributed by atoms with E-state index in [1.807, 2.05) is 0 Å². The van der Waals surface area contributed by atoms with Gasteiger partial charge in [-0.2, -0.15) is 0 Å². The number of fused-ring (bicyclic) bond motifs is 3. The Kier molecular flexibility index (Phi) is 8.74. The van der Waals surface area contributed by atoms with Crippen LogP contribution in [0.25, 0.3) is 10.9 Å². The summed E-state index contributed by atoms with van der Waals surface area (Å²) in [5.41, 5.74) is -0.205. The smallest absolute Gasteiger partial charge is 0.240 e. The number of pyridine rings is 1. The molecule has 0 radical (unpaired) electrons. The van der Waals surface area contributed by atoms with Crippen molar-refractivity contribution in [3.05, 3.63) is 72.4 Å². The van der Waals surface area contributed by atoms with Crippen molar-refractivity contribution in [1.29, 1.82) is 0 Å². The molecule has 2 heterocycles. The minimum absolute atomic E-state index is 0.0860. The zero-order valence-corrected chi connectivity index (χ0v) is 26.5. The molecule has 10 nitrogen and oxygen atoms in total. The van der Waals surface area contributed by atoms with Crippen LogP contribution < -0.4 is 29.6 Å². The highest BCUT2D eigenvalue weighted by molar-refractivity contribution is 6.16. The molecule has 7 rings (SSSR count). The molecule has 2 aliphatic carbocycles. The molecule has 250 valence electrons. The van der Waals surface area contributed by atoms with E-state index >= 15 is 4.39 Å². The molecule has 2 saturated carbocycles. The van der Waals surface area contributed by atoms with Gasteiger partial charge >= 0.3 is 0 Å². The molecule has 0 saturated heterocycles. The van der Waals surface area contributed by atoms with Gasteiger partial charge in [0.15, 0.2) is 23.1 Å². The van der Waals surface area contributed by atoms with Crippen LogP contribution in [0.2, 0.25) is 0 Å². The highest BCUT2D eigenvalue weighted by Crippen LogP contribution is 2.49. The van der Waals surface area contributed by atoms with Gasteiger partial charge in [-0.3, -0.25) is 14.6 Å². The SMILES string of the molecule is CN(CCCOc1cc2nccc(Oc3ccc(NC(=O)C4(C(=O)Nc5ccc(F)cc5)CC4)cc3F)c2c2c1OCCO2)C1CCC1. The predicted molar refractivity (Wildman–Crippen MR) is 175 cm³/mol. The van der Waals surface area contributed by atoms with Crippen LogP contribution in [-0.2, 0) is 9.59 Å². The lowest BCUT2D eigenvalue weighted by Crippen LogP contribution is -2.38. The predicted octanol–water partition coefficient (Wildman–Crippen LogP) is 6.69. The Morgan fingerprint density at radius 2 is 1.62 bits per heavy atom. The van der Waals surface area contributed by atoms with Crippen LogP contribution in [0.3, 0.4) is 0 Å². The minimum atomic E-state index is -1.29. The van der Waals surface area contributed by atoms with Crippen LogP contribution >= 0.6 is 0 Å². The van der Waals surface area contributed by atoms with Gasteiger partial charge in [-0.1, -0.05) is 6.42 Å². The number of nitrogens with zero attached hydrogens (tertiary/aromatic N) is 2. The number of halogens is 2. The van der Waals surface area contributed by atoms with Gasteiger partial charge in [-0.25, -0.2) is 8.78 Å². The Morgan fingerprint density at radius 3 is 2.31 bits per heavy atom. The van der Waals surface area contributed by atoms with Crippen LogP contribution in [0.4, 0.5) is 20.2 Å². The van der Waals surface area contributed by atoms with Gasteiger partial charge in [0.2, 0.25) is 17.6 Å². The molecule has 48 heavy (non-hydrogen) atoms. The van der Waals surface area contributed by atoms with Crippen molar-refractivity contribution in [2.75, 3.05) is 44.0 Å². The van der Waals surface area contributed by atoms with E-state index in [2.05, 4.69) is 27.6 Å². The maximum Gasteiger partial charge on any atom is 0.240 e. The summed E-state index contributed by atoms with van der Waals surface area (Å²) in [6.07, 6.45) is 6.90. The number of rotatable bonds is 12. The van der Waals surface area contributed by atoms with E-state index in [9.17, 15) is 14.0 Å². The van der Waals surface area contributed by atoms with Crippen molar-refractivity contribution in [2.45, 2.75) is 44.6 Å². The first-order chi connectivity index (χ1) is 23.3. The molecule has 2 fully saturated rings. The lowest BCUT2D eigenvalue weighted by molar-refractivity contribution is -0.131. The summed E-state index contributed by atoms with van der Waals surface area (Å²) in [4.78, 5) is 32.9. The fourth-order valence-electron chi connectivity index (χ4n) is 5.97. The van der Waals surface area contributed by atoms with E-state index in [1.165, 1.54) is 55.7 Å². The Balaban J connectivity index is 1.04. The molecule has 2 N–H and O–H groups in total. The first kappa shape index (κ1) is 31.6. The summed E-state index contributed by atoms with van der Waals surface area (Å²) in [7, 11) is 2.15. The van der Waals surface area contributed by atoms with Gasteiger partial charge in [0, 0.05) is 42.3 Å². The van der Waals surface area contributed by atoms with Gasteiger partial charge in [0.05, 0.1) is 17.5 Å². The third-order valence-electron chi connectivity index (χ3n) is 9.18. The second-order valence-electron chi connectivity index (χ2n) is 12.4. The Hall–Kier alpha value is -4.97. The Morgan fingerprint density at radius 1 is 0.917 bits per heavy atom. The normalized spacial score (nSPS) is 16.2. The fourth-order valence-corrected chi connectivity index (χ4v) is 5.97. The van der Waals surface area contributed by atoms with E-state index in [4.69, 9.17) is 18.9 Å². The Labute approximate surface area is 276 Å². The molecule has 0 unspecified atom stereocenters. The summed E-state index contributed by atoms with van der Waals surface area (Å²) >= 11 is 0. The highest BCUT2D eigenvalue weighted by Gasteiger charge is 2.56. The maximum atomic E-state index is 15.4. The first-order valence-electron chi connectivity index (χ1n) is 16.2. The molecule has 1 aliphatic heterocycles. The van der Waals surface area contributed by atoms with E-state index in [1.54, 1.807) is 18.3 Å². The van der Waals surface area contributed by atoms with Gasteiger partial charge < -0.3 is 34.5 Å². The number of anilines is 2. The summed E-state index contributed by atoms with van der Waals surface area (Å²) in [5.74, 6) is -0.601. The van der Waals surface area contributed by atoms with Crippen molar-refractivity contribution in [3.8, 4) is 28.7 Å². The summed E-state index contributed by atoms with van der Waals surface area (Å²) in [6, 6.07) is 13.4. The number of amides is 2.